The summed E-state index contributed by atoms with van der Waals surface area (Å²) in [6, 6.07) is 5.76. The first-order valence-electron chi connectivity index (χ1n) is 5.78. The molecule has 0 radical (unpaired) electrons. The van der Waals surface area contributed by atoms with Crippen LogP contribution in [0.25, 0.3) is 11.1 Å². The Morgan fingerprint density at radius 2 is 2.00 bits per heavy atom. The maximum absolute atomic E-state index is 5.88. The van der Waals surface area contributed by atoms with Gasteiger partial charge in [0, 0.05) is 17.0 Å². The zero-order valence-corrected chi connectivity index (χ0v) is 11.1. The molecule has 1 N–H and O–H groups in total. The summed E-state index contributed by atoms with van der Waals surface area (Å²) in [4.78, 5) is 4.24. The number of oxazole rings is 1. The number of benzene rings is 1. The molecule has 0 aliphatic heterocycles. The standard InChI is InChI=1S/C12H11ClN4O2/c1-6(2)10-16-17-12(19-10)15-11-14-8-4-3-7(13)5-9(8)18-11/h3-6H,1-2H3,(H,14,15,17). The smallest absolute Gasteiger partial charge is 0.323 e. The molecule has 0 saturated heterocycles. The average molecular weight is 279 g/mol. The quantitative estimate of drug-likeness (QED) is 0.786. The van der Waals surface area contributed by atoms with Crippen LogP contribution >= 0.6 is 11.6 Å². The van der Waals surface area contributed by atoms with Crippen LogP contribution in [-0.2, 0) is 0 Å². The van der Waals surface area contributed by atoms with Crippen LogP contribution in [-0.4, -0.2) is 15.2 Å². The number of hydrogen-bond donors (Lipinski definition) is 1. The van der Waals surface area contributed by atoms with E-state index in [0.717, 1.165) is 0 Å². The van der Waals surface area contributed by atoms with Gasteiger partial charge in [-0.3, -0.25) is 5.32 Å². The summed E-state index contributed by atoms with van der Waals surface area (Å²) in [5.41, 5.74) is 1.30. The second-order valence-corrected chi connectivity index (χ2v) is 4.79. The van der Waals surface area contributed by atoms with Gasteiger partial charge in [0.2, 0.25) is 5.89 Å². The molecule has 2 heterocycles. The van der Waals surface area contributed by atoms with E-state index < -0.39 is 0 Å². The van der Waals surface area contributed by atoms with E-state index in [9.17, 15) is 0 Å². The molecule has 3 rings (SSSR count). The fourth-order valence-corrected chi connectivity index (χ4v) is 1.72. The molecule has 0 aliphatic carbocycles. The van der Waals surface area contributed by atoms with E-state index in [1.54, 1.807) is 18.2 Å². The van der Waals surface area contributed by atoms with Crippen molar-refractivity contribution < 1.29 is 8.83 Å². The minimum Gasteiger partial charge on any atom is -0.423 e. The number of hydrogen-bond acceptors (Lipinski definition) is 6. The lowest BCUT2D eigenvalue weighted by Gasteiger charge is -1.95. The van der Waals surface area contributed by atoms with Gasteiger partial charge in [0.05, 0.1) is 0 Å². The summed E-state index contributed by atoms with van der Waals surface area (Å²) >= 11 is 5.88. The van der Waals surface area contributed by atoms with Crippen LogP contribution < -0.4 is 5.32 Å². The Labute approximate surface area is 113 Å². The highest BCUT2D eigenvalue weighted by atomic mass is 35.5. The van der Waals surface area contributed by atoms with E-state index in [4.69, 9.17) is 20.4 Å². The van der Waals surface area contributed by atoms with Gasteiger partial charge in [0.25, 0.3) is 0 Å². The van der Waals surface area contributed by atoms with Crippen molar-refractivity contribution in [2.75, 3.05) is 5.32 Å². The van der Waals surface area contributed by atoms with E-state index in [1.807, 2.05) is 13.8 Å². The number of halogens is 1. The molecular weight excluding hydrogens is 268 g/mol. The van der Waals surface area contributed by atoms with Crippen molar-refractivity contribution in [2.24, 2.45) is 0 Å². The second kappa shape index (κ2) is 4.55. The van der Waals surface area contributed by atoms with Gasteiger partial charge in [-0.2, -0.15) is 4.98 Å². The molecule has 0 atom stereocenters. The summed E-state index contributed by atoms with van der Waals surface area (Å²) in [5.74, 6) is 0.729. The van der Waals surface area contributed by atoms with E-state index in [1.165, 1.54) is 0 Å². The van der Waals surface area contributed by atoms with Gasteiger partial charge in [-0.05, 0) is 12.1 Å². The number of fused-ring (bicyclic) bond motifs is 1. The Hall–Kier alpha value is -2.08. The fraction of sp³-hybridized carbons (Fsp3) is 0.250. The Bertz CT molecular complexity index is 719. The highest BCUT2D eigenvalue weighted by Gasteiger charge is 2.12. The molecule has 0 bridgehead atoms. The number of nitrogens with zero attached hydrogens (tertiary/aromatic N) is 3. The van der Waals surface area contributed by atoms with E-state index >= 15 is 0 Å². The van der Waals surface area contributed by atoms with E-state index in [0.29, 0.717) is 22.0 Å². The van der Waals surface area contributed by atoms with Crippen LogP contribution in [0.1, 0.15) is 25.7 Å². The van der Waals surface area contributed by atoms with Crippen molar-refractivity contribution in [3.05, 3.63) is 29.1 Å². The van der Waals surface area contributed by atoms with Crippen molar-refractivity contribution in [2.45, 2.75) is 19.8 Å². The molecule has 2 aromatic heterocycles. The van der Waals surface area contributed by atoms with Crippen molar-refractivity contribution in [3.8, 4) is 0 Å². The van der Waals surface area contributed by atoms with Gasteiger partial charge in [0.15, 0.2) is 5.58 Å². The van der Waals surface area contributed by atoms with Crippen molar-refractivity contribution >= 4 is 34.7 Å². The number of rotatable bonds is 3. The zero-order chi connectivity index (χ0) is 13.4. The summed E-state index contributed by atoms with van der Waals surface area (Å²) in [6.07, 6.45) is 0. The van der Waals surface area contributed by atoms with Crippen LogP contribution in [0.2, 0.25) is 5.02 Å². The molecule has 6 nitrogen and oxygen atoms in total. The Morgan fingerprint density at radius 3 is 2.74 bits per heavy atom. The molecule has 19 heavy (non-hydrogen) atoms. The van der Waals surface area contributed by atoms with Crippen molar-refractivity contribution in [3.63, 3.8) is 0 Å². The molecule has 0 amide bonds. The monoisotopic (exact) mass is 278 g/mol. The first-order valence-corrected chi connectivity index (χ1v) is 6.16. The van der Waals surface area contributed by atoms with Crippen LogP contribution in [0, 0.1) is 0 Å². The third-order valence-corrected chi connectivity index (χ3v) is 2.73. The zero-order valence-electron chi connectivity index (χ0n) is 10.3. The minimum absolute atomic E-state index is 0.172. The highest BCUT2D eigenvalue weighted by Crippen LogP contribution is 2.24. The summed E-state index contributed by atoms with van der Waals surface area (Å²) in [6.45, 7) is 3.94. The van der Waals surface area contributed by atoms with Gasteiger partial charge in [-0.25, -0.2) is 0 Å². The van der Waals surface area contributed by atoms with Gasteiger partial charge < -0.3 is 8.83 Å². The number of aromatic nitrogens is 3. The third kappa shape index (κ3) is 2.39. The molecule has 0 saturated carbocycles. The predicted octanol–water partition coefficient (Wildman–Crippen LogP) is 3.73. The summed E-state index contributed by atoms with van der Waals surface area (Å²) in [5, 5.41) is 11.2. The first kappa shape index (κ1) is 12.0. The lowest BCUT2D eigenvalue weighted by Crippen LogP contribution is -1.89. The molecule has 0 spiro atoms. The summed E-state index contributed by atoms with van der Waals surface area (Å²) < 4.78 is 10.9. The predicted molar refractivity (Wildman–Crippen MR) is 70.7 cm³/mol. The van der Waals surface area contributed by atoms with E-state index in [2.05, 4.69) is 20.5 Å². The molecular formula is C12H11ClN4O2. The lowest BCUT2D eigenvalue weighted by atomic mass is 10.2. The maximum Gasteiger partial charge on any atom is 0.323 e. The molecule has 7 heteroatoms. The Morgan fingerprint density at radius 1 is 1.16 bits per heavy atom. The number of anilines is 2. The molecule has 1 aromatic carbocycles. The van der Waals surface area contributed by atoms with Gasteiger partial charge >= 0.3 is 12.0 Å². The molecule has 0 unspecified atom stereocenters. The lowest BCUT2D eigenvalue weighted by molar-refractivity contribution is 0.480. The third-order valence-electron chi connectivity index (χ3n) is 2.50. The normalized spacial score (nSPS) is 11.4. The number of nitrogens with one attached hydrogen (secondary N) is 1. The van der Waals surface area contributed by atoms with Crippen LogP contribution in [0.15, 0.2) is 27.0 Å². The minimum atomic E-state index is 0.172. The van der Waals surface area contributed by atoms with Crippen molar-refractivity contribution in [1.29, 1.82) is 0 Å². The topological polar surface area (TPSA) is 77.0 Å². The average Bonchev–Trinajstić information content (AvgIpc) is 2.95. The van der Waals surface area contributed by atoms with Gasteiger partial charge in [0.1, 0.15) is 5.52 Å². The van der Waals surface area contributed by atoms with Crippen LogP contribution in [0.4, 0.5) is 12.0 Å². The largest absolute Gasteiger partial charge is 0.423 e. The SMILES string of the molecule is CC(C)c1nnc(Nc2nc3ccc(Cl)cc3o2)o1. The highest BCUT2D eigenvalue weighted by molar-refractivity contribution is 6.31. The van der Waals surface area contributed by atoms with Crippen molar-refractivity contribution in [1.82, 2.24) is 15.2 Å². The molecule has 98 valence electrons. The molecule has 0 aliphatic rings. The fourth-order valence-electron chi connectivity index (χ4n) is 1.56. The summed E-state index contributed by atoms with van der Waals surface area (Å²) in [7, 11) is 0. The molecule has 0 fully saturated rings. The Balaban J connectivity index is 1.87. The van der Waals surface area contributed by atoms with Gasteiger partial charge in [-0.15, -0.1) is 5.10 Å². The molecule has 3 aromatic rings. The maximum atomic E-state index is 5.88. The second-order valence-electron chi connectivity index (χ2n) is 4.36. The van der Waals surface area contributed by atoms with Crippen LogP contribution in [0.3, 0.4) is 0 Å². The Kier molecular flexibility index (Phi) is 2.87. The van der Waals surface area contributed by atoms with Crippen LogP contribution in [0.5, 0.6) is 0 Å². The van der Waals surface area contributed by atoms with E-state index in [-0.39, 0.29) is 17.9 Å². The van der Waals surface area contributed by atoms with Gasteiger partial charge in [-0.1, -0.05) is 30.5 Å². The first-order chi connectivity index (χ1) is 9.11.